The summed E-state index contributed by atoms with van der Waals surface area (Å²) >= 11 is 0. The molecule has 7 rings (SSSR count). The number of fused-ring (bicyclic) bond motifs is 1. The second-order valence-electron chi connectivity index (χ2n) is 14.0. The predicted octanol–water partition coefficient (Wildman–Crippen LogP) is 3.05. The van der Waals surface area contributed by atoms with E-state index in [1.54, 1.807) is 9.21 Å². The number of hydrogen-bond acceptors (Lipinski definition) is 7. The van der Waals surface area contributed by atoms with Crippen LogP contribution in [0.1, 0.15) is 93.5 Å². The highest BCUT2D eigenvalue weighted by atomic mass is 32.2. The first-order valence-corrected chi connectivity index (χ1v) is 17.7. The Hall–Kier alpha value is -2.50. The number of likely N-dealkylation sites (tertiary alicyclic amines) is 1. The molecule has 11 heteroatoms. The molecular weight excluding hydrogens is 568 g/mol. The molecule has 0 bridgehead atoms. The average Bonchev–Trinajstić information content (AvgIpc) is 3.27. The summed E-state index contributed by atoms with van der Waals surface area (Å²) < 4.78 is 34.1. The lowest BCUT2D eigenvalue weighted by Crippen LogP contribution is -2.60. The van der Waals surface area contributed by atoms with Gasteiger partial charge in [0.2, 0.25) is 21.8 Å². The summed E-state index contributed by atoms with van der Waals surface area (Å²) in [4.78, 5) is 41.2. The molecule has 234 valence electrons. The number of imide groups is 1. The molecule has 4 heterocycles. The second kappa shape index (κ2) is 11.1. The zero-order chi connectivity index (χ0) is 29.9. The first-order chi connectivity index (χ1) is 20.6. The molecule has 1 unspecified atom stereocenters. The van der Waals surface area contributed by atoms with E-state index in [1.807, 2.05) is 25.1 Å². The number of carbonyl (C=O) groups excluding carboxylic acids is 3. The Bertz CT molecular complexity index is 1400. The van der Waals surface area contributed by atoms with Gasteiger partial charge in [-0.25, -0.2) is 12.7 Å². The van der Waals surface area contributed by atoms with E-state index in [0.717, 1.165) is 75.8 Å². The second-order valence-corrected chi connectivity index (χ2v) is 16.4. The van der Waals surface area contributed by atoms with Gasteiger partial charge in [0, 0.05) is 50.7 Å². The van der Waals surface area contributed by atoms with Crippen molar-refractivity contribution in [3.8, 4) is 5.75 Å². The smallest absolute Gasteiger partial charge is 0.255 e. The number of carbonyl (C=O) groups is 3. The predicted molar refractivity (Wildman–Crippen MR) is 160 cm³/mol. The van der Waals surface area contributed by atoms with Crippen molar-refractivity contribution in [1.29, 1.82) is 0 Å². The van der Waals surface area contributed by atoms with E-state index in [2.05, 4.69) is 10.2 Å². The molecule has 6 aliphatic rings. The zero-order valence-electron chi connectivity index (χ0n) is 25.1. The maximum Gasteiger partial charge on any atom is 0.255 e. The van der Waals surface area contributed by atoms with Gasteiger partial charge in [-0.2, -0.15) is 0 Å². The molecule has 1 aromatic rings. The fourth-order valence-electron chi connectivity index (χ4n) is 8.38. The van der Waals surface area contributed by atoms with E-state index >= 15 is 0 Å². The SMILES string of the molecule is CC1(S(=O)(=O)N2CCC(C3CN([C@H]4CCCC[C@H]4Oc4ccc5c(c4)CN(C4CCC(=O)NC4=O)C5=O)C3)CC2)CCC1. The van der Waals surface area contributed by atoms with E-state index in [-0.39, 0.29) is 24.3 Å². The molecule has 10 nitrogen and oxygen atoms in total. The number of sulfonamides is 1. The number of nitrogens with one attached hydrogen (secondary N) is 1. The highest BCUT2D eigenvalue weighted by molar-refractivity contribution is 7.90. The van der Waals surface area contributed by atoms with Crippen molar-refractivity contribution in [2.45, 2.75) is 107 Å². The normalized spacial score (nSPS) is 30.9. The summed E-state index contributed by atoms with van der Waals surface area (Å²) in [5, 5.41) is 2.36. The van der Waals surface area contributed by atoms with E-state index < -0.39 is 26.7 Å². The lowest BCUT2D eigenvalue weighted by molar-refractivity contribution is -0.136. The van der Waals surface area contributed by atoms with Crippen molar-refractivity contribution in [3.63, 3.8) is 0 Å². The van der Waals surface area contributed by atoms with Crippen molar-refractivity contribution in [3.05, 3.63) is 29.3 Å². The molecular formula is C32H44N4O6S. The average molecular weight is 613 g/mol. The van der Waals surface area contributed by atoms with Crippen LogP contribution < -0.4 is 10.1 Å². The lowest BCUT2D eigenvalue weighted by atomic mass is 9.78. The maximum absolute atomic E-state index is 13.1. The Morgan fingerprint density at radius 2 is 1.67 bits per heavy atom. The van der Waals surface area contributed by atoms with E-state index in [1.165, 1.54) is 6.42 Å². The minimum absolute atomic E-state index is 0.0892. The van der Waals surface area contributed by atoms with E-state index in [0.29, 0.717) is 49.5 Å². The molecule has 3 atom stereocenters. The Morgan fingerprint density at radius 1 is 0.930 bits per heavy atom. The van der Waals surface area contributed by atoms with Gasteiger partial charge >= 0.3 is 0 Å². The van der Waals surface area contributed by atoms with E-state index in [9.17, 15) is 22.8 Å². The van der Waals surface area contributed by atoms with Crippen LogP contribution in [0.3, 0.4) is 0 Å². The quantitative estimate of drug-likeness (QED) is 0.471. The van der Waals surface area contributed by atoms with Crippen molar-refractivity contribution < 1.29 is 27.5 Å². The molecule has 0 radical (unpaired) electrons. The molecule has 3 amide bonds. The van der Waals surface area contributed by atoms with Gasteiger partial charge in [-0.3, -0.25) is 24.6 Å². The van der Waals surface area contributed by atoms with Gasteiger partial charge in [0.05, 0.1) is 4.75 Å². The molecule has 5 fully saturated rings. The number of amides is 3. The fraction of sp³-hybridized carbons (Fsp3) is 0.719. The number of ether oxygens (including phenoxy) is 1. The molecule has 2 aliphatic carbocycles. The first-order valence-electron chi connectivity index (χ1n) is 16.3. The van der Waals surface area contributed by atoms with Crippen LogP contribution in [-0.4, -0.2) is 89.4 Å². The van der Waals surface area contributed by atoms with Gasteiger partial charge < -0.3 is 9.64 Å². The molecule has 0 aromatic heterocycles. The molecule has 4 aliphatic heterocycles. The summed E-state index contributed by atoms with van der Waals surface area (Å²) in [6.07, 6.45) is 9.65. The van der Waals surface area contributed by atoms with Crippen molar-refractivity contribution in [1.82, 2.24) is 19.4 Å². The van der Waals surface area contributed by atoms with Crippen LogP contribution in [0.4, 0.5) is 0 Å². The Balaban J connectivity index is 0.938. The van der Waals surface area contributed by atoms with Gasteiger partial charge in [-0.15, -0.1) is 0 Å². The molecule has 3 saturated heterocycles. The summed E-state index contributed by atoms with van der Waals surface area (Å²) in [5.74, 6) is 1.12. The number of hydrogen-bond donors (Lipinski definition) is 1. The molecule has 1 N–H and O–H groups in total. The largest absolute Gasteiger partial charge is 0.489 e. The van der Waals surface area contributed by atoms with Crippen molar-refractivity contribution >= 4 is 27.7 Å². The summed E-state index contributed by atoms with van der Waals surface area (Å²) in [5.41, 5.74) is 1.46. The van der Waals surface area contributed by atoms with Gasteiger partial charge in [-0.05, 0) is 93.9 Å². The third-order valence-electron chi connectivity index (χ3n) is 11.4. The maximum atomic E-state index is 13.1. The third-order valence-corrected chi connectivity index (χ3v) is 14.1. The summed E-state index contributed by atoms with van der Waals surface area (Å²) in [7, 11) is -3.19. The minimum Gasteiger partial charge on any atom is -0.489 e. The Morgan fingerprint density at radius 3 is 2.37 bits per heavy atom. The topological polar surface area (TPSA) is 116 Å². The fourth-order valence-corrected chi connectivity index (χ4v) is 10.5. The van der Waals surface area contributed by atoms with Crippen LogP contribution in [0, 0.1) is 11.8 Å². The number of benzene rings is 1. The van der Waals surface area contributed by atoms with Gasteiger partial charge in [0.1, 0.15) is 17.9 Å². The molecule has 43 heavy (non-hydrogen) atoms. The lowest BCUT2D eigenvalue weighted by Gasteiger charge is -2.52. The zero-order valence-corrected chi connectivity index (χ0v) is 25.9. The van der Waals surface area contributed by atoms with Crippen LogP contribution in [0.15, 0.2) is 18.2 Å². The highest BCUT2D eigenvalue weighted by Gasteiger charge is 2.49. The van der Waals surface area contributed by atoms with Crippen molar-refractivity contribution in [2.24, 2.45) is 11.8 Å². The van der Waals surface area contributed by atoms with Crippen molar-refractivity contribution in [2.75, 3.05) is 26.2 Å². The van der Waals surface area contributed by atoms with Crippen LogP contribution in [0.2, 0.25) is 0 Å². The van der Waals surface area contributed by atoms with Gasteiger partial charge in [0.15, 0.2) is 0 Å². The molecule has 0 spiro atoms. The highest BCUT2D eigenvalue weighted by Crippen LogP contribution is 2.43. The van der Waals surface area contributed by atoms with Crippen LogP contribution in [0.25, 0.3) is 0 Å². The molecule has 1 aromatic carbocycles. The standard InChI is InChI=1S/C32H44N4O6S/c1-32(13-4-14-32)43(40,41)35-15-11-21(12-16-35)23-18-34(19-23)26-5-2-3-6-28(26)42-24-7-8-25-22(17-24)20-36(31(25)39)27-9-10-29(37)33-30(27)38/h7-8,17,21,23,26-28H,2-6,9-16,18-20H2,1H3,(H,33,37,38)/t26-,27?,28+/m0/s1. The third kappa shape index (κ3) is 5.19. The molecule has 2 saturated carbocycles. The number of rotatable bonds is 7. The monoisotopic (exact) mass is 612 g/mol. The summed E-state index contributed by atoms with van der Waals surface area (Å²) in [6.45, 7) is 5.70. The van der Waals surface area contributed by atoms with Crippen LogP contribution in [-0.2, 0) is 26.2 Å². The Kier molecular flexibility index (Phi) is 7.57. The van der Waals surface area contributed by atoms with Crippen LogP contribution in [0.5, 0.6) is 5.75 Å². The summed E-state index contributed by atoms with van der Waals surface area (Å²) in [6, 6.07) is 5.39. The Labute approximate surface area is 254 Å². The van der Waals surface area contributed by atoms with Gasteiger partial charge in [-0.1, -0.05) is 12.8 Å². The number of nitrogens with zero attached hydrogens (tertiary/aromatic N) is 3. The number of piperidine rings is 2. The first kappa shape index (κ1) is 29.2. The van der Waals surface area contributed by atoms with E-state index in [4.69, 9.17) is 4.74 Å². The van der Waals surface area contributed by atoms with Gasteiger partial charge in [0.25, 0.3) is 5.91 Å². The minimum atomic E-state index is -3.19. The van der Waals surface area contributed by atoms with Crippen LogP contribution >= 0.6 is 0 Å².